The SMILES string of the molecule is COc1ccc2c(c1)C=C[C@@H]1[C@H]3C(=O)N(c4ccc(Cl)cc4)C(=O)[C@H]3[C@H](C(C)=O)N21. The molecule has 0 N–H and O–H groups in total. The Kier molecular flexibility index (Phi) is 4.22. The fourth-order valence-electron chi connectivity index (χ4n) is 4.98. The zero-order valence-electron chi connectivity index (χ0n) is 16.4. The van der Waals surface area contributed by atoms with Gasteiger partial charge in [0.05, 0.1) is 30.7 Å². The Labute approximate surface area is 178 Å². The Hall–Kier alpha value is -3.12. The molecule has 2 fully saturated rings. The number of Topliss-reactive ketones (excluding diaryl/α,β-unsaturated/α-hetero) is 1. The van der Waals surface area contributed by atoms with Gasteiger partial charge in [0.1, 0.15) is 11.8 Å². The maximum atomic E-state index is 13.4. The highest BCUT2D eigenvalue weighted by Crippen LogP contribution is 2.49. The van der Waals surface area contributed by atoms with Crippen molar-refractivity contribution in [3.8, 4) is 5.75 Å². The molecule has 4 atom stereocenters. The van der Waals surface area contributed by atoms with Crippen LogP contribution < -0.4 is 14.5 Å². The number of amides is 2. The number of nitrogens with zero attached hydrogens (tertiary/aromatic N) is 2. The predicted molar refractivity (Wildman–Crippen MR) is 114 cm³/mol. The van der Waals surface area contributed by atoms with E-state index < -0.39 is 17.9 Å². The predicted octanol–water partition coefficient (Wildman–Crippen LogP) is 3.33. The first kappa shape index (κ1) is 18.9. The quantitative estimate of drug-likeness (QED) is 0.710. The van der Waals surface area contributed by atoms with Crippen LogP contribution in [0.5, 0.6) is 5.75 Å². The number of benzene rings is 2. The molecule has 5 rings (SSSR count). The van der Waals surface area contributed by atoms with Crippen LogP contribution in [0.25, 0.3) is 6.08 Å². The summed E-state index contributed by atoms with van der Waals surface area (Å²) in [6.07, 6.45) is 3.85. The second-order valence-corrected chi connectivity index (χ2v) is 8.21. The van der Waals surface area contributed by atoms with E-state index in [2.05, 4.69) is 0 Å². The summed E-state index contributed by atoms with van der Waals surface area (Å²) < 4.78 is 5.30. The molecule has 0 unspecified atom stereocenters. The number of methoxy groups -OCH3 is 1. The number of fused-ring (bicyclic) bond motifs is 5. The summed E-state index contributed by atoms with van der Waals surface area (Å²) in [5.74, 6) is -1.40. The van der Waals surface area contributed by atoms with Crippen molar-refractivity contribution in [2.75, 3.05) is 16.9 Å². The van der Waals surface area contributed by atoms with Crippen LogP contribution in [0.4, 0.5) is 11.4 Å². The van der Waals surface area contributed by atoms with Gasteiger partial charge in [-0.25, -0.2) is 4.90 Å². The number of rotatable bonds is 3. The molecule has 152 valence electrons. The summed E-state index contributed by atoms with van der Waals surface area (Å²) in [5, 5.41) is 0.521. The van der Waals surface area contributed by atoms with Gasteiger partial charge >= 0.3 is 0 Å². The second-order valence-electron chi connectivity index (χ2n) is 7.78. The Balaban J connectivity index is 1.60. The molecule has 2 amide bonds. The van der Waals surface area contributed by atoms with Crippen LogP contribution in [-0.2, 0) is 14.4 Å². The molecule has 2 aromatic carbocycles. The van der Waals surface area contributed by atoms with Gasteiger partial charge in [-0.2, -0.15) is 0 Å². The van der Waals surface area contributed by atoms with Gasteiger partial charge < -0.3 is 9.64 Å². The van der Waals surface area contributed by atoms with E-state index in [0.717, 1.165) is 11.3 Å². The lowest BCUT2D eigenvalue weighted by molar-refractivity contribution is -0.126. The summed E-state index contributed by atoms with van der Waals surface area (Å²) in [6.45, 7) is 1.48. The molecule has 0 radical (unpaired) electrons. The zero-order valence-corrected chi connectivity index (χ0v) is 17.2. The number of imide groups is 1. The van der Waals surface area contributed by atoms with Crippen LogP contribution in [0.15, 0.2) is 48.5 Å². The van der Waals surface area contributed by atoms with Crippen LogP contribution in [0.1, 0.15) is 12.5 Å². The Morgan fingerprint density at radius 3 is 2.40 bits per heavy atom. The van der Waals surface area contributed by atoms with E-state index in [0.29, 0.717) is 16.5 Å². The number of carbonyl (C=O) groups excluding carboxylic acids is 3. The lowest BCUT2D eigenvalue weighted by Gasteiger charge is -2.36. The molecule has 0 saturated carbocycles. The first-order chi connectivity index (χ1) is 14.4. The molecule has 30 heavy (non-hydrogen) atoms. The van der Waals surface area contributed by atoms with Crippen molar-refractivity contribution in [2.45, 2.75) is 19.0 Å². The maximum absolute atomic E-state index is 13.4. The third-order valence-electron chi connectivity index (χ3n) is 6.21. The molecule has 0 aromatic heterocycles. The van der Waals surface area contributed by atoms with Gasteiger partial charge in [-0.05, 0) is 49.4 Å². The van der Waals surface area contributed by atoms with Crippen molar-refractivity contribution >= 4 is 46.6 Å². The number of ether oxygens (including phenoxy) is 1. The average molecular weight is 423 g/mol. The summed E-state index contributed by atoms with van der Waals surface area (Å²) >= 11 is 5.95. The maximum Gasteiger partial charge on any atom is 0.240 e. The molecule has 3 aliphatic heterocycles. The van der Waals surface area contributed by atoms with E-state index in [1.165, 1.54) is 11.8 Å². The highest BCUT2D eigenvalue weighted by atomic mass is 35.5. The summed E-state index contributed by atoms with van der Waals surface area (Å²) in [7, 11) is 1.60. The Morgan fingerprint density at radius 1 is 1.03 bits per heavy atom. The molecular weight excluding hydrogens is 404 g/mol. The van der Waals surface area contributed by atoms with E-state index in [1.807, 2.05) is 35.3 Å². The molecule has 3 aliphatic rings. The lowest BCUT2D eigenvalue weighted by atomic mass is 9.88. The standard InChI is InChI=1S/C23H19ClN2O4/c1-12(27)21-20-19(22(28)25(23(20)29)15-6-4-14(24)5-7-15)18-9-3-13-11-16(30-2)8-10-17(13)26(18)21/h3-11,18-21H,1-2H3/t18-,19-,20-,21+/m1/s1. The first-order valence-corrected chi connectivity index (χ1v) is 10.1. The van der Waals surface area contributed by atoms with E-state index >= 15 is 0 Å². The molecule has 0 bridgehead atoms. The largest absolute Gasteiger partial charge is 0.497 e. The van der Waals surface area contributed by atoms with Gasteiger partial charge in [0.25, 0.3) is 0 Å². The van der Waals surface area contributed by atoms with Gasteiger partial charge in [-0.1, -0.05) is 23.8 Å². The summed E-state index contributed by atoms with van der Waals surface area (Å²) in [4.78, 5) is 42.7. The van der Waals surface area contributed by atoms with Crippen molar-refractivity contribution in [2.24, 2.45) is 11.8 Å². The molecular formula is C23H19ClN2O4. The molecule has 6 nitrogen and oxygen atoms in total. The number of hydrogen-bond acceptors (Lipinski definition) is 5. The van der Waals surface area contributed by atoms with Crippen LogP contribution in [-0.4, -0.2) is 36.8 Å². The van der Waals surface area contributed by atoms with Crippen LogP contribution in [0, 0.1) is 11.8 Å². The minimum Gasteiger partial charge on any atom is -0.497 e. The highest BCUT2D eigenvalue weighted by Gasteiger charge is 2.63. The smallest absolute Gasteiger partial charge is 0.240 e. The molecule has 2 aromatic rings. The fourth-order valence-corrected chi connectivity index (χ4v) is 5.11. The van der Waals surface area contributed by atoms with Crippen LogP contribution in [0.3, 0.4) is 0 Å². The molecule has 3 heterocycles. The first-order valence-electron chi connectivity index (χ1n) is 9.71. The van der Waals surface area contributed by atoms with Crippen molar-refractivity contribution in [1.29, 1.82) is 0 Å². The molecule has 2 saturated heterocycles. The Bertz CT molecular complexity index is 1110. The normalized spacial score (nSPS) is 26.5. The summed E-state index contributed by atoms with van der Waals surface area (Å²) in [6, 6.07) is 11.1. The average Bonchev–Trinajstić information content (AvgIpc) is 3.21. The zero-order chi connectivity index (χ0) is 21.2. The highest BCUT2D eigenvalue weighted by molar-refractivity contribution is 6.31. The van der Waals surface area contributed by atoms with Crippen molar-refractivity contribution < 1.29 is 19.1 Å². The number of halogens is 1. The van der Waals surface area contributed by atoms with Crippen LogP contribution in [0.2, 0.25) is 5.02 Å². The van der Waals surface area contributed by atoms with Crippen LogP contribution >= 0.6 is 11.6 Å². The topological polar surface area (TPSA) is 66.9 Å². The Morgan fingerprint density at radius 2 is 1.73 bits per heavy atom. The third kappa shape index (κ3) is 2.53. The number of ketones is 1. The molecule has 0 aliphatic carbocycles. The number of hydrogen-bond donors (Lipinski definition) is 0. The van der Waals surface area contributed by atoms with Gasteiger partial charge in [0, 0.05) is 16.3 Å². The minimum atomic E-state index is -0.728. The second kappa shape index (κ2) is 6.71. The number of anilines is 2. The summed E-state index contributed by atoms with van der Waals surface area (Å²) in [5.41, 5.74) is 2.20. The van der Waals surface area contributed by atoms with Crippen molar-refractivity contribution in [3.05, 3.63) is 59.1 Å². The minimum absolute atomic E-state index is 0.135. The van der Waals surface area contributed by atoms with Gasteiger partial charge in [-0.15, -0.1) is 0 Å². The molecule has 7 heteroatoms. The van der Waals surface area contributed by atoms with E-state index in [4.69, 9.17) is 16.3 Å². The molecule has 0 spiro atoms. The van der Waals surface area contributed by atoms with Gasteiger partial charge in [-0.3, -0.25) is 14.4 Å². The van der Waals surface area contributed by atoms with Crippen molar-refractivity contribution in [3.63, 3.8) is 0 Å². The van der Waals surface area contributed by atoms with E-state index in [9.17, 15) is 14.4 Å². The third-order valence-corrected chi connectivity index (χ3v) is 6.47. The number of carbonyl (C=O) groups is 3. The van der Waals surface area contributed by atoms with E-state index in [1.54, 1.807) is 31.4 Å². The van der Waals surface area contributed by atoms with E-state index in [-0.39, 0.29) is 23.6 Å². The van der Waals surface area contributed by atoms with Crippen molar-refractivity contribution in [1.82, 2.24) is 0 Å². The van der Waals surface area contributed by atoms with Gasteiger partial charge in [0.15, 0.2) is 5.78 Å². The van der Waals surface area contributed by atoms with Gasteiger partial charge in [0.2, 0.25) is 11.8 Å². The monoisotopic (exact) mass is 422 g/mol. The lowest BCUT2D eigenvalue weighted by Crippen LogP contribution is -2.48. The fraction of sp³-hybridized carbons (Fsp3) is 0.261.